The van der Waals surface area contributed by atoms with Crippen LogP contribution >= 0.6 is 0 Å². The third kappa shape index (κ3) is 4.49. The van der Waals surface area contributed by atoms with Gasteiger partial charge in [-0.1, -0.05) is 0 Å². The molecular formula is C11H16FN3O3S. The first-order valence-electron chi connectivity index (χ1n) is 5.68. The maximum Gasteiger partial charge on any atom is 0.242 e. The predicted octanol–water partition coefficient (Wildman–Crippen LogP) is 0.212. The Hall–Kier alpha value is -1.67. The fraction of sp³-hybridized carbons (Fsp3) is 0.364. The highest BCUT2D eigenvalue weighted by Crippen LogP contribution is 2.18. The third-order valence-corrected chi connectivity index (χ3v) is 3.80. The standard InChI is InChI=1S/C11H16FN3O3S/c1-2-14-11(16)5-6-15-19(17,18)10-7-8(12)3-4-9(10)13/h3-4,7,15H,2,5-6,13H2,1H3,(H,14,16). The Morgan fingerprint density at radius 1 is 1.42 bits per heavy atom. The number of anilines is 1. The molecule has 0 saturated heterocycles. The minimum atomic E-state index is -3.92. The summed E-state index contributed by atoms with van der Waals surface area (Å²) in [4.78, 5) is 10.8. The zero-order valence-electron chi connectivity index (χ0n) is 10.4. The van der Waals surface area contributed by atoms with Crippen LogP contribution in [0.2, 0.25) is 0 Å². The fourth-order valence-electron chi connectivity index (χ4n) is 1.40. The van der Waals surface area contributed by atoms with Gasteiger partial charge in [0.05, 0.1) is 5.69 Å². The van der Waals surface area contributed by atoms with Gasteiger partial charge in [-0.3, -0.25) is 4.79 Å². The van der Waals surface area contributed by atoms with Crippen LogP contribution in [0.15, 0.2) is 23.1 Å². The van der Waals surface area contributed by atoms with E-state index >= 15 is 0 Å². The van der Waals surface area contributed by atoms with E-state index in [-0.39, 0.29) is 29.5 Å². The third-order valence-electron chi connectivity index (χ3n) is 2.28. The molecule has 0 atom stereocenters. The summed E-state index contributed by atoms with van der Waals surface area (Å²) in [5.74, 6) is -0.962. The first kappa shape index (κ1) is 15.4. The van der Waals surface area contributed by atoms with Crippen LogP contribution in [-0.4, -0.2) is 27.4 Å². The number of carbonyl (C=O) groups excluding carboxylic acids is 1. The van der Waals surface area contributed by atoms with Crippen LogP contribution in [0.4, 0.5) is 10.1 Å². The van der Waals surface area contributed by atoms with Gasteiger partial charge in [-0.05, 0) is 25.1 Å². The number of hydrogen-bond acceptors (Lipinski definition) is 4. The molecule has 0 aromatic heterocycles. The van der Waals surface area contributed by atoms with Gasteiger partial charge in [0.15, 0.2) is 0 Å². The highest BCUT2D eigenvalue weighted by molar-refractivity contribution is 7.89. The van der Waals surface area contributed by atoms with Crippen LogP contribution in [0.5, 0.6) is 0 Å². The van der Waals surface area contributed by atoms with E-state index in [2.05, 4.69) is 10.0 Å². The van der Waals surface area contributed by atoms with Crippen molar-refractivity contribution in [1.82, 2.24) is 10.0 Å². The number of halogens is 1. The van der Waals surface area contributed by atoms with Crippen molar-refractivity contribution < 1.29 is 17.6 Å². The number of sulfonamides is 1. The SMILES string of the molecule is CCNC(=O)CCNS(=O)(=O)c1cc(F)ccc1N. The maximum atomic E-state index is 13.0. The van der Waals surface area contributed by atoms with Crippen LogP contribution in [0.3, 0.4) is 0 Å². The summed E-state index contributed by atoms with van der Waals surface area (Å²) >= 11 is 0. The Bertz CT molecular complexity index is 560. The Balaban J connectivity index is 2.71. The predicted molar refractivity (Wildman–Crippen MR) is 69.3 cm³/mol. The molecular weight excluding hydrogens is 273 g/mol. The maximum absolute atomic E-state index is 13.0. The van der Waals surface area contributed by atoms with Crippen LogP contribution in [0.25, 0.3) is 0 Å². The van der Waals surface area contributed by atoms with Crippen LogP contribution < -0.4 is 15.8 Å². The fourth-order valence-corrected chi connectivity index (χ4v) is 2.58. The average molecular weight is 289 g/mol. The molecule has 0 bridgehead atoms. The topological polar surface area (TPSA) is 101 Å². The first-order chi connectivity index (χ1) is 8.86. The number of benzene rings is 1. The molecule has 1 amide bonds. The van der Waals surface area contributed by atoms with Gasteiger partial charge in [0, 0.05) is 19.5 Å². The summed E-state index contributed by atoms with van der Waals surface area (Å²) in [6.07, 6.45) is 0.00227. The van der Waals surface area contributed by atoms with Gasteiger partial charge in [0.2, 0.25) is 15.9 Å². The molecule has 6 nitrogen and oxygen atoms in total. The lowest BCUT2D eigenvalue weighted by Crippen LogP contribution is -2.31. The van der Waals surface area contributed by atoms with Crippen molar-refractivity contribution in [3.05, 3.63) is 24.0 Å². The number of hydrogen-bond donors (Lipinski definition) is 3. The summed E-state index contributed by atoms with van der Waals surface area (Å²) in [7, 11) is -3.92. The summed E-state index contributed by atoms with van der Waals surface area (Å²) in [6.45, 7) is 2.15. The molecule has 0 fully saturated rings. The number of nitrogens with one attached hydrogen (secondary N) is 2. The van der Waals surface area contributed by atoms with Crippen LogP contribution in [-0.2, 0) is 14.8 Å². The molecule has 0 aliphatic heterocycles. The van der Waals surface area contributed by atoms with E-state index in [1.165, 1.54) is 6.07 Å². The lowest BCUT2D eigenvalue weighted by atomic mass is 10.3. The summed E-state index contributed by atoms with van der Waals surface area (Å²) in [5.41, 5.74) is 5.44. The van der Waals surface area contributed by atoms with E-state index in [1.807, 2.05) is 0 Å². The first-order valence-corrected chi connectivity index (χ1v) is 7.16. The number of rotatable bonds is 6. The molecule has 0 saturated carbocycles. The number of amides is 1. The summed E-state index contributed by atoms with van der Waals surface area (Å²) in [5, 5.41) is 2.53. The second-order valence-electron chi connectivity index (χ2n) is 3.78. The molecule has 0 radical (unpaired) electrons. The van der Waals surface area contributed by atoms with E-state index in [9.17, 15) is 17.6 Å². The minimum absolute atomic E-state index is 0.00227. The van der Waals surface area contributed by atoms with Crippen molar-refractivity contribution >= 4 is 21.6 Å². The van der Waals surface area contributed by atoms with Gasteiger partial charge in [0.25, 0.3) is 0 Å². The number of carbonyl (C=O) groups is 1. The Kier molecular flexibility index (Phi) is 5.25. The molecule has 1 aromatic rings. The quantitative estimate of drug-likeness (QED) is 0.652. The molecule has 0 unspecified atom stereocenters. The molecule has 0 heterocycles. The van der Waals surface area contributed by atoms with Crippen molar-refractivity contribution in [3.63, 3.8) is 0 Å². The Morgan fingerprint density at radius 3 is 2.74 bits per heavy atom. The summed E-state index contributed by atoms with van der Waals surface area (Å²) in [6, 6.07) is 3.08. The van der Waals surface area contributed by atoms with Crippen molar-refractivity contribution in [3.8, 4) is 0 Å². The summed E-state index contributed by atoms with van der Waals surface area (Å²) < 4.78 is 38.9. The zero-order chi connectivity index (χ0) is 14.5. The lowest BCUT2D eigenvalue weighted by molar-refractivity contribution is -0.120. The second-order valence-corrected chi connectivity index (χ2v) is 5.52. The highest BCUT2D eigenvalue weighted by atomic mass is 32.2. The molecule has 0 aliphatic rings. The van der Waals surface area contributed by atoms with Gasteiger partial charge < -0.3 is 11.1 Å². The minimum Gasteiger partial charge on any atom is -0.398 e. The van der Waals surface area contributed by atoms with Crippen LogP contribution in [0.1, 0.15) is 13.3 Å². The molecule has 1 rings (SSSR count). The van der Waals surface area contributed by atoms with E-state index < -0.39 is 15.8 Å². The molecule has 8 heteroatoms. The van der Waals surface area contributed by atoms with Crippen LogP contribution in [0, 0.1) is 5.82 Å². The van der Waals surface area contributed by atoms with E-state index in [0.717, 1.165) is 12.1 Å². The Labute approximate surface area is 111 Å². The van der Waals surface area contributed by atoms with E-state index in [0.29, 0.717) is 6.54 Å². The monoisotopic (exact) mass is 289 g/mol. The number of nitrogens with two attached hydrogens (primary N) is 1. The molecule has 4 N–H and O–H groups in total. The number of nitrogen functional groups attached to an aromatic ring is 1. The van der Waals surface area contributed by atoms with Gasteiger partial charge in [-0.15, -0.1) is 0 Å². The molecule has 106 valence electrons. The van der Waals surface area contributed by atoms with Crippen molar-refractivity contribution in [1.29, 1.82) is 0 Å². The van der Waals surface area contributed by atoms with Gasteiger partial charge in [-0.25, -0.2) is 17.5 Å². The van der Waals surface area contributed by atoms with E-state index in [4.69, 9.17) is 5.73 Å². The molecule has 0 spiro atoms. The van der Waals surface area contributed by atoms with Crippen molar-refractivity contribution in [2.75, 3.05) is 18.8 Å². The molecule has 19 heavy (non-hydrogen) atoms. The van der Waals surface area contributed by atoms with Crippen molar-refractivity contribution in [2.24, 2.45) is 0 Å². The van der Waals surface area contributed by atoms with Gasteiger partial charge in [-0.2, -0.15) is 0 Å². The smallest absolute Gasteiger partial charge is 0.242 e. The molecule has 1 aromatic carbocycles. The lowest BCUT2D eigenvalue weighted by Gasteiger charge is -2.09. The van der Waals surface area contributed by atoms with Gasteiger partial charge >= 0.3 is 0 Å². The normalized spacial score (nSPS) is 11.3. The van der Waals surface area contributed by atoms with Crippen molar-refractivity contribution in [2.45, 2.75) is 18.2 Å². The largest absolute Gasteiger partial charge is 0.398 e. The second kappa shape index (κ2) is 6.48. The molecule has 0 aliphatic carbocycles. The Morgan fingerprint density at radius 2 is 2.11 bits per heavy atom. The highest BCUT2D eigenvalue weighted by Gasteiger charge is 2.18. The zero-order valence-corrected chi connectivity index (χ0v) is 11.3. The van der Waals surface area contributed by atoms with E-state index in [1.54, 1.807) is 6.92 Å². The van der Waals surface area contributed by atoms with Gasteiger partial charge in [0.1, 0.15) is 10.7 Å². The average Bonchev–Trinajstić information content (AvgIpc) is 2.32.